The molecule has 6 nitrogen and oxygen atoms in total. The summed E-state index contributed by atoms with van der Waals surface area (Å²) in [5, 5.41) is 15.3. The molecule has 0 aliphatic carbocycles. The lowest BCUT2D eigenvalue weighted by atomic mass is 9.84. The minimum absolute atomic E-state index is 0.000838. The van der Waals surface area contributed by atoms with Gasteiger partial charge in [-0.05, 0) is 30.9 Å². The van der Waals surface area contributed by atoms with Crippen LogP contribution in [0.15, 0.2) is 29.3 Å². The van der Waals surface area contributed by atoms with E-state index in [-0.39, 0.29) is 5.41 Å². The molecule has 2 N–H and O–H groups in total. The van der Waals surface area contributed by atoms with Crippen LogP contribution in [-0.2, 0) is 25.4 Å². The first-order chi connectivity index (χ1) is 13.4. The molecule has 0 unspecified atom stereocenters. The lowest BCUT2D eigenvalue weighted by Gasteiger charge is -2.27. The monoisotopic (exact) mass is 384 g/mol. The number of aromatic nitrogens is 3. The predicted octanol–water partition coefficient (Wildman–Crippen LogP) is 3.50. The second-order valence-electron chi connectivity index (χ2n) is 7.96. The van der Waals surface area contributed by atoms with Gasteiger partial charge in [-0.15, -0.1) is 10.2 Å². The van der Waals surface area contributed by atoms with Crippen molar-refractivity contribution >= 4 is 5.96 Å². The smallest absolute Gasteiger partial charge is 0.191 e. The lowest BCUT2D eigenvalue weighted by molar-refractivity contribution is 0.507. The van der Waals surface area contributed by atoms with E-state index in [1.807, 2.05) is 18.5 Å². The van der Waals surface area contributed by atoms with Gasteiger partial charge in [0, 0.05) is 25.6 Å². The van der Waals surface area contributed by atoms with Crippen molar-refractivity contribution < 1.29 is 0 Å². The molecular weight excluding hydrogens is 348 g/mol. The number of aliphatic imine (C=N–C) groups is 1. The second-order valence-corrected chi connectivity index (χ2v) is 7.96. The average molecular weight is 385 g/mol. The fourth-order valence-electron chi connectivity index (χ4n) is 2.89. The molecule has 0 amide bonds. The number of unbranched alkanes of at least 4 members (excludes halogenated alkanes) is 1. The van der Waals surface area contributed by atoms with Crippen LogP contribution in [0.4, 0.5) is 0 Å². The number of rotatable bonds is 9. The Morgan fingerprint density at radius 3 is 2.39 bits per heavy atom. The van der Waals surface area contributed by atoms with E-state index in [9.17, 15) is 0 Å². The molecule has 28 heavy (non-hydrogen) atoms. The SMILES string of the molecule is CCCCNC(=NCc1nnc(C)n1C)NCC(C)(C)c1ccc(CC)cc1. The fourth-order valence-corrected chi connectivity index (χ4v) is 2.89. The first-order valence-corrected chi connectivity index (χ1v) is 10.3. The predicted molar refractivity (Wildman–Crippen MR) is 117 cm³/mol. The Morgan fingerprint density at radius 2 is 1.82 bits per heavy atom. The Balaban J connectivity index is 2.05. The van der Waals surface area contributed by atoms with Gasteiger partial charge in [-0.25, -0.2) is 4.99 Å². The molecule has 2 rings (SSSR count). The van der Waals surface area contributed by atoms with E-state index >= 15 is 0 Å². The molecular formula is C22H36N6. The van der Waals surface area contributed by atoms with Crippen molar-refractivity contribution in [1.29, 1.82) is 0 Å². The maximum Gasteiger partial charge on any atom is 0.191 e. The quantitative estimate of drug-likeness (QED) is 0.394. The molecule has 0 saturated carbocycles. The summed E-state index contributed by atoms with van der Waals surface area (Å²) in [6.45, 7) is 13.1. The summed E-state index contributed by atoms with van der Waals surface area (Å²) in [6.07, 6.45) is 3.34. The van der Waals surface area contributed by atoms with Crippen LogP contribution in [0.25, 0.3) is 0 Å². The van der Waals surface area contributed by atoms with Gasteiger partial charge in [-0.2, -0.15) is 0 Å². The topological polar surface area (TPSA) is 67.1 Å². The third-order valence-electron chi connectivity index (χ3n) is 5.23. The summed E-state index contributed by atoms with van der Waals surface area (Å²) >= 11 is 0. The van der Waals surface area contributed by atoms with Gasteiger partial charge in [0.05, 0.1) is 0 Å². The number of nitrogens with one attached hydrogen (secondary N) is 2. The molecule has 0 aliphatic heterocycles. The molecule has 0 radical (unpaired) electrons. The number of benzene rings is 1. The normalized spacial score (nSPS) is 12.3. The zero-order valence-corrected chi connectivity index (χ0v) is 18.3. The van der Waals surface area contributed by atoms with E-state index < -0.39 is 0 Å². The molecule has 2 aromatic rings. The van der Waals surface area contributed by atoms with Gasteiger partial charge in [0.15, 0.2) is 11.8 Å². The maximum absolute atomic E-state index is 4.74. The number of nitrogens with zero attached hydrogens (tertiary/aromatic N) is 4. The molecule has 0 atom stereocenters. The second kappa shape index (κ2) is 10.2. The van der Waals surface area contributed by atoms with Crippen LogP contribution in [0.3, 0.4) is 0 Å². The molecule has 0 spiro atoms. The van der Waals surface area contributed by atoms with E-state index in [1.54, 1.807) is 0 Å². The Bertz CT molecular complexity index is 758. The Morgan fingerprint density at radius 1 is 1.11 bits per heavy atom. The molecule has 0 saturated heterocycles. The van der Waals surface area contributed by atoms with Gasteiger partial charge in [-0.1, -0.05) is 58.4 Å². The molecule has 154 valence electrons. The van der Waals surface area contributed by atoms with Crippen molar-refractivity contribution in [3.8, 4) is 0 Å². The van der Waals surface area contributed by atoms with Crippen LogP contribution in [0, 0.1) is 6.92 Å². The Kier molecular flexibility index (Phi) is 8.03. The van der Waals surface area contributed by atoms with Gasteiger partial charge in [-0.3, -0.25) is 0 Å². The van der Waals surface area contributed by atoms with Gasteiger partial charge in [0.25, 0.3) is 0 Å². The summed E-state index contributed by atoms with van der Waals surface area (Å²) in [5.74, 6) is 2.59. The van der Waals surface area contributed by atoms with Crippen LogP contribution in [0.2, 0.25) is 0 Å². The zero-order chi connectivity index (χ0) is 20.6. The summed E-state index contributed by atoms with van der Waals surface area (Å²) in [4.78, 5) is 4.74. The Hall–Kier alpha value is -2.37. The zero-order valence-electron chi connectivity index (χ0n) is 18.3. The number of hydrogen-bond acceptors (Lipinski definition) is 3. The standard InChI is InChI=1S/C22H36N6/c1-7-9-14-23-21(24-15-20-27-26-17(3)28(20)6)25-16-22(4,5)19-12-10-18(8-2)11-13-19/h10-13H,7-9,14-16H2,1-6H3,(H2,23,24,25). The summed E-state index contributed by atoms with van der Waals surface area (Å²) in [6, 6.07) is 8.93. The highest BCUT2D eigenvalue weighted by molar-refractivity contribution is 5.79. The minimum atomic E-state index is 0.000838. The highest BCUT2D eigenvalue weighted by Crippen LogP contribution is 2.22. The average Bonchev–Trinajstić information content (AvgIpc) is 3.02. The minimum Gasteiger partial charge on any atom is -0.356 e. The van der Waals surface area contributed by atoms with E-state index in [1.165, 1.54) is 11.1 Å². The van der Waals surface area contributed by atoms with E-state index in [0.717, 1.165) is 50.0 Å². The first-order valence-electron chi connectivity index (χ1n) is 10.3. The van der Waals surface area contributed by atoms with Crippen molar-refractivity contribution in [1.82, 2.24) is 25.4 Å². The van der Waals surface area contributed by atoms with Gasteiger partial charge >= 0.3 is 0 Å². The van der Waals surface area contributed by atoms with Crippen LogP contribution < -0.4 is 10.6 Å². The maximum atomic E-state index is 4.74. The third-order valence-corrected chi connectivity index (χ3v) is 5.23. The van der Waals surface area contributed by atoms with Crippen molar-refractivity contribution in [2.24, 2.45) is 12.0 Å². The third kappa shape index (κ3) is 6.08. The highest BCUT2D eigenvalue weighted by Gasteiger charge is 2.21. The van der Waals surface area contributed by atoms with Gasteiger partial charge in [0.2, 0.25) is 0 Å². The van der Waals surface area contributed by atoms with E-state index in [2.05, 4.69) is 72.8 Å². The molecule has 6 heteroatoms. The van der Waals surface area contributed by atoms with E-state index in [4.69, 9.17) is 4.99 Å². The van der Waals surface area contributed by atoms with Crippen LogP contribution in [0.5, 0.6) is 0 Å². The lowest BCUT2D eigenvalue weighted by Crippen LogP contribution is -2.43. The first kappa shape index (κ1) is 21.9. The largest absolute Gasteiger partial charge is 0.356 e. The van der Waals surface area contributed by atoms with Crippen molar-refractivity contribution in [2.75, 3.05) is 13.1 Å². The fraction of sp³-hybridized carbons (Fsp3) is 0.591. The summed E-state index contributed by atoms with van der Waals surface area (Å²) in [5.41, 5.74) is 2.70. The van der Waals surface area contributed by atoms with Crippen LogP contribution in [-0.4, -0.2) is 33.8 Å². The van der Waals surface area contributed by atoms with Crippen LogP contribution in [0.1, 0.15) is 63.3 Å². The summed E-state index contributed by atoms with van der Waals surface area (Å²) in [7, 11) is 1.97. The number of aryl methyl sites for hydroxylation is 2. The summed E-state index contributed by atoms with van der Waals surface area (Å²) < 4.78 is 1.98. The highest BCUT2D eigenvalue weighted by atomic mass is 15.3. The van der Waals surface area contributed by atoms with Crippen molar-refractivity contribution in [3.05, 3.63) is 47.0 Å². The van der Waals surface area contributed by atoms with Gasteiger partial charge in [0.1, 0.15) is 12.4 Å². The molecule has 0 fully saturated rings. The molecule has 1 aromatic carbocycles. The Labute approximate surface area is 169 Å². The van der Waals surface area contributed by atoms with Crippen molar-refractivity contribution in [2.45, 2.75) is 65.8 Å². The number of hydrogen-bond donors (Lipinski definition) is 2. The molecule has 1 aromatic heterocycles. The molecule has 0 bridgehead atoms. The molecule has 0 aliphatic rings. The number of guanidine groups is 1. The van der Waals surface area contributed by atoms with Gasteiger partial charge < -0.3 is 15.2 Å². The van der Waals surface area contributed by atoms with Crippen LogP contribution >= 0.6 is 0 Å². The molecule has 1 heterocycles. The van der Waals surface area contributed by atoms with Crippen molar-refractivity contribution in [3.63, 3.8) is 0 Å². The van der Waals surface area contributed by atoms with E-state index in [0.29, 0.717) is 6.54 Å².